The first-order chi connectivity index (χ1) is 6.34. The van der Waals surface area contributed by atoms with E-state index in [-0.39, 0.29) is 0 Å². The highest BCUT2D eigenvalue weighted by molar-refractivity contribution is 7.05. The minimum atomic E-state index is 0.821. The molecule has 1 aromatic carbocycles. The quantitative estimate of drug-likeness (QED) is 0.738. The Morgan fingerprint density at radius 1 is 1.31 bits per heavy atom. The maximum Gasteiger partial charge on any atom is 0.0409 e. The van der Waals surface area contributed by atoms with Crippen LogP contribution in [-0.4, -0.2) is 4.37 Å². The number of aromatic nitrogens is 1. The van der Waals surface area contributed by atoms with Gasteiger partial charge in [0.05, 0.1) is 0 Å². The third kappa shape index (κ3) is 2.06. The molecule has 0 fully saturated rings. The molecule has 1 heterocycles. The zero-order valence-corrected chi connectivity index (χ0v) is 7.92. The van der Waals surface area contributed by atoms with Gasteiger partial charge in [-0.05, 0) is 35.3 Å². The fourth-order valence-corrected chi connectivity index (χ4v) is 1.85. The molecule has 0 aliphatic heterocycles. The van der Waals surface area contributed by atoms with Crippen molar-refractivity contribution in [2.24, 2.45) is 0 Å². The molecule has 0 saturated carbocycles. The van der Waals surface area contributed by atoms with Crippen molar-refractivity contribution in [3.63, 3.8) is 0 Å². The maximum absolute atomic E-state index is 5.68. The number of nitrogen functional groups attached to an aromatic ring is 1. The van der Waals surface area contributed by atoms with E-state index in [0.29, 0.717) is 0 Å². The topological polar surface area (TPSA) is 38.9 Å². The lowest BCUT2D eigenvalue weighted by molar-refractivity contribution is 1.24. The number of anilines is 1. The maximum atomic E-state index is 5.68. The minimum Gasteiger partial charge on any atom is -0.399 e. The van der Waals surface area contributed by atoms with Gasteiger partial charge in [0, 0.05) is 23.2 Å². The van der Waals surface area contributed by atoms with Gasteiger partial charge in [-0.3, -0.25) is 0 Å². The van der Waals surface area contributed by atoms with Crippen LogP contribution in [0.1, 0.15) is 10.4 Å². The Balaban J connectivity index is 2.19. The van der Waals surface area contributed by atoms with E-state index in [1.807, 2.05) is 30.5 Å². The van der Waals surface area contributed by atoms with Crippen molar-refractivity contribution in [1.29, 1.82) is 0 Å². The Hall–Kier alpha value is -1.35. The molecule has 0 spiro atoms. The van der Waals surface area contributed by atoms with Crippen LogP contribution in [0.4, 0.5) is 5.69 Å². The highest BCUT2D eigenvalue weighted by atomic mass is 32.1. The van der Waals surface area contributed by atoms with E-state index in [0.717, 1.165) is 12.1 Å². The van der Waals surface area contributed by atoms with Gasteiger partial charge in [0.15, 0.2) is 0 Å². The van der Waals surface area contributed by atoms with E-state index >= 15 is 0 Å². The average molecular weight is 190 g/mol. The number of nitrogens with zero attached hydrogens (tertiary/aromatic N) is 1. The first-order valence-electron chi connectivity index (χ1n) is 4.08. The van der Waals surface area contributed by atoms with E-state index in [9.17, 15) is 0 Å². The molecule has 0 atom stereocenters. The Kier molecular flexibility index (Phi) is 2.27. The van der Waals surface area contributed by atoms with Crippen molar-refractivity contribution in [3.8, 4) is 0 Å². The van der Waals surface area contributed by atoms with Gasteiger partial charge in [-0.25, -0.2) is 4.37 Å². The molecule has 0 unspecified atom stereocenters. The van der Waals surface area contributed by atoms with Crippen LogP contribution < -0.4 is 5.73 Å². The molecule has 0 bridgehead atoms. The fourth-order valence-electron chi connectivity index (χ4n) is 1.24. The molecule has 2 aromatic rings. The number of rotatable bonds is 2. The molecule has 0 radical (unpaired) electrons. The van der Waals surface area contributed by atoms with Crippen LogP contribution in [-0.2, 0) is 6.42 Å². The highest BCUT2D eigenvalue weighted by Crippen LogP contribution is 2.14. The summed E-state index contributed by atoms with van der Waals surface area (Å²) < 4.78 is 4.05. The molecule has 13 heavy (non-hydrogen) atoms. The normalized spacial score (nSPS) is 10.2. The molecule has 66 valence electrons. The van der Waals surface area contributed by atoms with Crippen molar-refractivity contribution >= 4 is 17.2 Å². The molecule has 1 aromatic heterocycles. The Morgan fingerprint density at radius 3 is 2.92 bits per heavy atom. The zero-order valence-electron chi connectivity index (χ0n) is 7.10. The summed E-state index contributed by atoms with van der Waals surface area (Å²) in [6, 6.07) is 9.99. The SMILES string of the molecule is Nc1cccc(Cc2ccns2)c1. The van der Waals surface area contributed by atoms with Gasteiger partial charge in [0.1, 0.15) is 0 Å². The Bertz CT molecular complexity index is 382. The Morgan fingerprint density at radius 2 is 2.23 bits per heavy atom. The number of hydrogen-bond donors (Lipinski definition) is 1. The van der Waals surface area contributed by atoms with E-state index in [1.54, 1.807) is 0 Å². The van der Waals surface area contributed by atoms with Gasteiger partial charge in [0.25, 0.3) is 0 Å². The van der Waals surface area contributed by atoms with Crippen molar-refractivity contribution < 1.29 is 0 Å². The van der Waals surface area contributed by atoms with Crippen LogP contribution >= 0.6 is 11.5 Å². The number of nitrogens with two attached hydrogens (primary N) is 1. The molecular weight excluding hydrogens is 180 g/mol. The monoisotopic (exact) mass is 190 g/mol. The van der Waals surface area contributed by atoms with Crippen molar-refractivity contribution in [1.82, 2.24) is 4.37 Å². The average Bonchev–Trinajstić information content (AvgIpc) is 2.57. The molecule has 0 amide bonds. The molecule has 2 rings (SSSR count). The smallest absolute Gasteiger partial charge is 0.0409 e. The summed E-state index contributed by atoms with van der Waals surface area (Å²) in [7, 11) is 0. The van der Waals surface area contributed by atoms with Gasteiger partial charge < -0.3 is 5.73 Å². The van der Waals surface area contributed by atoms with Crippen LogP contribution in [0, 0.1) is 0 Å². The van der Waals surface area contributed by atoms with E-state index in [4.69, 9.17) is 5.73 Å². The van der Waals surface area contributed by atoms with Gasteiger partial charge in [-0.15, -0.1) is 0 Å². The lowest BCUT2D eigenvalue weighted by atomic mass is 10.1. The predicted molar refractivity (Wildman–Crippen MR) is 55.8 cm³/mol. The van der Waals surface area contributed by atoms with Crippen LogP contribution in [0.5, 0.6) is 0 Å². The Labute approximate surface area is 81.2 Å². The second kappa shape index (κ2) is 3.58. The van der Waals surface area contributed by atoms with Crippen molar-refractivity contribution in [3.05, 3.63) is 47.0 Å². The summed E-state index contributed by atoms with van der Waals surface area (Å²) in [5.74, 6) is 0. The summed E-state index contributed by atoms with van der Waals surface area (Å²) in [6.07, 6.45) is 2.75. The standard InChI is InChI=1S/C10H10N2S/c11-9-3-1-2-8(6-9)7-10-4-5-12-13-10/h1-6H,7,11H2. The van der Waals surface area contributed by atoms with E-state index in [2.05, 4.69) is 10.4 Å². The number of hydrogen-bond acceptors (Lipinski definition) is 3. The molecule has 0 aliphatic rings. The largest absolute Gasteiger partial charge is 0.399 e. The molecular formula is C10H10N2S. The van der Waals surface area contributed by atoms with Crippen molar-refractivity contribution in [2.75, 3.05) is 5.73 Å². The van der Waals surface area contributed by atoms with Crippen LogP contribution in [0.3, 0.4) is 0 Å². The first-order valence-corrected chi connectivity index (χ1v) is 4.86. The molecule has 0 aliphatic carbocycles. The summed E-state index contributed by atoms with van der Waals surface area (Å²) in [4.78, 5) is 1.27. The predicted octanol–water partition coefficient (Wildman–Crippen LogP) is 2.32. The van der Waals surface area contributed by atoms with Gasteiger partial charge in [0.2, 0.25) is 0 Å². The minimum absolute atomic E-state index is 0.821. The second-order valence-electron chi connectivity index (χ2n) is 2.90. The molecule has 2 nitrogen and oxygen atoms in total. The molecule has 3 heteroatoms. The van der Waals surface area contributed by atoms with E-state index in [1.165, 1.54) is 22.0 Å². The second-order valence-corrected chi connectivity index (χ2v) is 3.82. The van der Waals surface area contributed by atoms with Crippen LogP contribution in [0.2, 0.25) is 0 Å². The van der Waals surface area contributed by atoms with E-state index < -0.39 is 0 Å². The summed E-state index contributed by atoms with van der Waals surface area (Å²) in [6.45, 7) is 0. The van der Waals surface area contributed by atoms with Crippen LogP contribution in [0.25, 0.3) is 0 Å². The summed E-state index contributed by atoms with van der Waals surface area (Å²) in [5.41, 5.74) is 7.74. The van der Waals surface area contributed by atoms with Gasteiger partial charge >= 0.3 is 0 Å². The summed E-state index contributed by atoms with van der Waals surface area (Å²) >= 11 is 1.53. The first kappa shape index (κ1) is 8.26. The van der Waals surface area contributed by atoms with Crippen LogP contribution in [0.15, 0.2) is 36.5 Å². The third-order valence-electron chi connectivity index (χ3n) is 1.82. The number of benzene rings is 1. The summed E-state index contributed by atoms with van der Waals surface area (Å²) in [5, 5.41) is 0. The van der Waals surface area contributed by atoms with Crippen molar-refractivity contribution in [2.45, 2.75) is 6.42 Å². The van der Waals surface area contributed by atoms with Gasteiger partial charge in [-0.1, -0.05) is 12.1 Å². The zero-order chi connectivity index (χ0) is 9.10. The molecule has 2 N–H and O–H groups in total. The highest BCUT2D eigenvalue weighted by Gasteiger charge is 1.97. The lowest BCUT2D eigenvalue weighted by Crippen LogP contribution is -1.88. The van der Waals surface area contributed by atoms with Gasteiger partial charge in [-0.2, -0.15) is 0 Å². The fraction of sp³-hybridized carbons (Fsp3) is 0.100. The molecule has 0 saturated heterocycles. The third-order valence-corrected chi connectivity index (χ3v) is 2.56. The lowest BCUT2D eigenvalue weighted by Gasteiger charge is -1.98.